The molecule has 2 atom stereocenters. The van der Waals surface area contributed by atoms with E-state index < -0.39 is 0 Å². The normalized spacial score (nSPS) is 22.1. The van der Waals surface area contributed by atoms with Gasteiger partial charge in [-0.15, -0.1) is 0 Å². The van der Waals surface area contributed by atoms with Gasteiger partial charge >= 0.3 is 0 Å². The average molecular weight is 285 g/mol. The third-order valence-electron chi connectivity index (χ3n) is 4.17. The van der Waals surface area contributed by atoms with E-state index in [-0.39, 0.29) is 10.6 Å². The first-order valence-corrected chi connectivity index (χ1v) is 7.43. The fraction of sp³-hybridized carbons (Fsp3) is 0.438. The van der Waals surface area contributed by atoms with E-state index in [1.165, 1.54) is 31.7 Å². The fourth-order valence-corrected chi connectivity index (χ4v) is 3.08. The predicted octanol–water partition coefficient (Wildman–Crippen LogP) is 4.13. The second-order valence-electron chi connectivity index (χ2n) is 5.94. The van der Waals surface area contributed by atoms with Gasteiger partial charge in [-0.25, -0.2) is 4.98 Å². The van der Waals surface area contributed by atoms with E-state index in [1.54, 1.807) is 12.1 Å². The van der Waals surface area contributed by atoms with E-state index in [9.17, 15) is 10.1 Å². The Labute approximate surface area is 123 Å². The SMILES string of the molecule is CC1CCCC(Nc2ccc3cc([N+](=O)[O-])ccc3n2)C1. The Morgan fingerprint density at radius 1 is 1.29 bits per heavy atom. The number of aromatic nitrogens is 1. The van der Waals surface area contributed by atoms with E-state index in [0.29, 0.717) is 6.04 Å². The minimum absolute atomic E-state index is 0.103. The highest BCUT2D eigenvalue weighted by Gasteiger charge is 2.19. The van der Waals surface area contributed by atoms with Gasteiger partial charge in [0.05, 0.1) is 10.4 Å². The standard InChI is InChI=1S/C16H19N3O2/c1-11-3-2-4-13(9-11)17-16-8-5-12-10-14(19(20)21)6-7-15(12)18-16/h5-8,10-11,13H,2-4,9H2,1H3,(H,17,18). The first kappa shape index (κ1) is 13.8. The maximum Gasteiger partial charge on any atom is 0.270 e. The van der Waals surface area contributed by atoms with Crippen molar-refractivity contribution in [1.82, 2.24) is 4.98 Å². The number of hydrogen-bond donors (Lipinski definition) is 1. The quantitative estimate of drug-likeness (QED) is 0.680. The molecule has 5 nitrogen and oxygen atoms in total. The summed E-state index contributed by atoms with van der Waals surface area (Å²) in [6.07, 6.45) is 4.94. The third-order valence-corrected chi connectivity index (χ3v) is 4.17. The van der Waals surface area contributed by atoms with Gasteiger partial charge in [0.1, 0.15) is 5.82 Å². The monoisotopic (exact) mass is 285 g/mol. The molecule has 0 amide bonds. The Kier molecular flexibility index (Phi) is 3.73. The number of nitro groups is 1. The molecule has 1 aliphatic rings. The summed E-state index contributed by atoms with van der Waals surface area (Å²) in [4.78, 5) is 15.0. The van der Waals surface area contributed by atoms with Crippen molar-refractivity contribution in [3.05, 3.63) is 40.4 Å². The van der Waals surface area contributed by atoms with Crippen molar-refractivity contribution < 1.29 is 4.92 Å². The minimum Gasteiger partial charge on any atom is -0.367 e. The van der Waals surface area contributed by atoms with Crippen LogP contribution in [0.4, 0.5) is 11.5 Å². The minimum atomic E-state index is -0.380. The highest BCUT2D eigenvalue weighted by Crippen LogP contribution is 2.27. The van der Waals surface area contributed by atoms with Crippen LogP contribution in [0.15, 0.2) is 30.3 Å². The summed E-state index contributed by atoms with van der Waals surface area (Å²) in [5, 5.41) is 15.1. The zero-order chi connectivity index (χ0) is 14.8. The van der Waals surface area contributed by atoms with Gasteiger partial charge in [0.2, 0.25) is 0 Å². The van der Waals surface area contributed by atoms with Gasteiger partial charge in [-0.1, -0.05) is 19.8 Å². The summed E-state index contributed by atoms with van der Waals surface area (Å²) in [6, 6.07) is 9.06. The summed E-state index contributed by atoms with van der Waals surface area (Å²) < 4.78 is 0. The maximum absolute atomic E-state index is 10.8. The lowest BCUT2D eigenvalue weighted by molar-refractivity contribution is -0.384. The molecule has 0 aliphatic heterocycles. The second-order valence-corrected chi connectivity index (χ2v) is 5.94. The van der Waals surface area contributed by atoms with Gasteiger partial charge in [0, 0.05) is 23.6 Å². The van der Waals surface area contributed by atoms with Gasteiger partial charge in [-0.2, -0.15) is 0 Å². The number of nitrogens with zero attached hydrogens (tertiary/aromatic N) is 2. The number of nitrogens with one attached hydrogen (secondary N) is 1. The van der Waals surface area contributed by atoms with Crippen LogP contribution < -0.4 is 5.32 Å². The van der Waals surface area contributed by atoms with E-state index in [4.69, 9.17) is 0 Å². The van der Waals surface area contributed by atoms with Crippen molar-refractivity contribution in [2.45, 2.75) is 38.6 Å². The molecule has 110 valence electrons. The number of hydrogen-bond acceptors (Lipinski definition) is 4. The molecule has 1 aromatic heterocycles. The fourth-order valence-electron chi connectivity index (χ4n) is 3.08. The van der Waals surface area contributed by atoms with Crippen molar-refractivity contribution in [2.24, 2.45) is 5.92 Å². The van der Waals surface area contributed by atoms with Gasteiger partial charge in [0.15, 0.2) is 0 Å². The van der Waals surface area contributed by atoms with Gasteiger partial charge in [-0.3, -0.25) is 10.1 Å². The van der Waals surface area contributed by atoms with E-state index in [1.807, 2.05) is 12.1 Å². The second kappa shape index (κ2) is 5.68. The molecule has 0 radical (unpaired) electrons. The van der Waals surface area contributed by atoms with Crippen LogP contribution in [0.2, 0.25) is 0 Å². The van der Waals surface area contributed by atoms with Crippen LogP contribution in [0, 0.1) is 16.0 Å². The topological polar surface area (TPSA) is 68.1 Å². The van der Waals surface area contributed by atoms with Crippen LogP contribution in [0.1, 0.15) is 32.6 Å². The molecule has 5 heteroatoms. The van der Waals surface area contributed by atoms with Crippen molar-refractivity contribution in [1.29, 1.82) is 0 Å². The van der Waals surface area contributed by atoms with E-state index >= 15 is 0 Å². The molecule has 0 saturated heterocycles. The first-order valence-electron chi connectivity index (χ1n) is 7.43. The molecule has 2 unspecified atom stereocenters. The summed E-state index contributed by atoms with van der Waals surface area (Å²) in [5.74, 6) is 1.62. The van der Waals surface area contributed by atoms with E-state index in [0.717, 1.165) is 22.6 Å². The Morgan fingerprint density at radius 3 is 2.90 bits per heavy atom. The van der Waals surface area contributed by atoms with Crippen LogP contribution in [0.5, 0.6) is 0 Å². The summed E-state index contributed by atoms with van der Waals surface area (Å²) >= 11 is 0. The summed E-state index contributed by atoms with van der Waals surface area (Å²) in [7, 11) is 0. The number of pyridine rings is 1. The van der Waals surface area contributed by atoms with Crippen LogP contribution in [0.3, 0.4) is 0 Å². The van der Waals surface area contributed by atoms with Crippen LogP contribution >= 0.6 is 0 Å². The molecule has 2 aromatic rings. The Morgan fingerprint density at radius 2 is 2.14 bits per heavy atom. The molecule has 1 N–H and O–H groups in total. The molecule has 1 saturated carbocycles. The molecule has 1 fully saturated rings. The largest absolute Gasteiger partial charge is 0.367 e. The zero-order valence-electron chi connectivity index (χ0n) is 12.1. The Balaban J connectivity index is 1.81. The lowest BCUT2D eigenvalue weighted by Crippen LogP contribution is -2.26. The molecule has 3 rings (SSSR count). The Bertz CT molecular complexity index is 672. The molecule has 1 aromatic carbocycles. The van der Waals surface area contributed by atoms with Gasteiger partial charge in [-0.05, 0) is 37.0 Å². The highest BCUT2D eigenvalue weighted by molar-refractivity contribution is 5.82. The van der Waals surface area contributed by atoms with Crippen LogP contribution in [0.25, 0.3) is 10.9 Å². The lowest BCUT2D eigenvalue weighted by Gasteiger charge is -2.27. The first-order chi connectivity index (χ1) is 10.1. The van der Waals surface area contributed by atoms with Gasteiger partial charge in [0.25, 0.3) is 5.69 Å². The lowest BCUT2D eigenvalue weighted by atomic mass is 9.87. The zero-order valence-corrected chi connectivity index (χ0v) is 12.1. The van der Waals surface area contributed by atoms with Crippen LogP contribution in [-0.4, -0.2) is 15.9 Å². The van der Waals surface area contributed by atoms with Gasteiger partial charge < -0.3 is 5.32 Å². The molecule has 0 spiro atoms. The van der Waals surface area contributed by atoms with Crippen LogP contribution in [-0.2, 0) is 0 Å². The highest BCUT2D eigenvalue weighted by atomic mass is 16.6. The number of fused-ring (bicyclic) bond motifs is 1. The predicted molar refractivity (Wildman–Crippen MR) is 83.4 cm³/mol. The molecule has 1 heterocycles. The van der Waals surface area contributed by atoms with Crippen molar-refractivity contribution in [2.75, 3.05) is 5.32 Å². The van der Waals surface area contributed by atoms with Crippen molar-refractivity contribution in [3.63, 3.8) is 0 Å². The Hall–Kier alpha value is -2.17. The molecule has 1 aliphatic carbocycles. The summed E-state index contributed by atoms with van der Waals surface area (Å²) in [5.41, 5.74) is 0.889. The average Bonchev–Trinajstić information content (AvgIpc) is 2.46. The number of rotatable bonds is 3. The number of non-ortho nitro benzene ring substituents is 1. The van der Waals surface area contributed by atoms with Crippen molar-refractivity contribution in [3.8, 4) is 0 Å². The number of anilines is 1. The van der Waals surface area contributed by atoms with Crippen molar-refractivity contribution >= 4 is 22.4 Å². The maximum atomic E-state index is 10.8. The molecular weight excluding hydrogens is 266 g/mol. The summed E-state index contributed by atoms with van der Waals surface area (Å²) in [6.45, 7) is 2.29. The molecular formula is C16H19N3O2. The number of nitro benzene ring substituents is 1. The number of benzene rings is 1. The third kappa shape index (κ3) is 3.12. The molecule has 21 heavy (non-hydrogen) atoms. The molecule has 0 bridgehead atoms. The smallest absolute Gasteiger partial charge is 0.270 e. The van der Waals surface area contributed by atoms with E-state index in [2.05, 4.69) is 17.2 Å².